The van der Waals surface area contributed by atoms with E-state index in [0.29, 0.717) is 12.8 Å². The lowest BCUT2D eigenvalue weighted by Gasteiger charge is -2.28. The molecule has 6 nitrogen and oxygen atoms in total. The smallest absolute Gasteiger partial charge is 0.312 e. The average molecular weight is 273 g/mol. The summed E-state index contributed by atoms with van der Waals surface area (Å²) in [5.74, 6) is -0.336. The lowest BCUT2D eigenvalue weighted by Crippen LogP contribution is -2.54. The van der Waals surface area contributed by atoms with Crippen molar-refractivity contribution in [2.45, 2.75) is 58.6 Å². The average Bonchev–Trinajstić information content (AvgIpc) is 2.40. The van der Waals surface area contributed by atoms with E-state index in [2.05, 4.69) is 10.6 Å². The van der Waals surface area contributed by atoms with E-state index in [9.17, 15) is 14.7 Å². The molecule has 0 radical (unpaired) electrons. The van der Waals surface area contributed by atoms with Crippen LogP contribution in [0.25, 0.3) is 0 Å². The molecule has 0 aliphatic heterocycles. The molecule has 0 saturated heterocycles. The van der Waals surface area contributed by atoms with Crippen molar-refractivity contribution in [3.05, 3.63) is 0 Å². The SMILES string of the molecule is CCC(C)C(NC(N)=O)C(=O)NCC(O)(CC)CC. The first-order valence-electron chi connectivity index (χ1n) is 6.85. The van der Waals surface area contributed by atoms with Crippen LogP contribution in [0.3, 0.4) is 0 Å². The van der Waals surface area contributed by atoms with E-state index < -0.39 is 17.7 Å². The summed E-state index contributed by atoms with van der Waals surface area (Å²) in [6.45, 7) is 7.70. The highest BCUT2D eigenvalue weighted by atomic mass is 16.3. The van der Waals surface area contributed by atoms with Crippen LogP contribution in [0.15, 0.2) is 0 Å². The van der Waals surface area contributed by atoms with E-state index in [1.54, 1.807) is 0 Å². The molecule has 0 fully saturated rings. The molecule has 0 saturated carbocycles. The predicted octanol–water partition coefficient (Wildman–Crippen LogP) is 0.737. The maximum atomic E-state index is 12.1. The van der Waals surface area contributed by atoms with Gasteiger partial charge in [-0.2, -0.15) is 0 Å². The van der Waals surface area contributed by atoms with Crippen LogP contribution < -0.4 is 16.4 Å². The Morgan fingerprint density at radius 1 is 1.26 bits per heavy atom. The molecule has 3 amide bonds. The van der Waals surface area contributed by atoms with Gasteiger partial charge in [-0.1, -0.05) is 34.1 Å². The summed E-state index contributed by atoms with van der Waals surface area (Å²) in [7, 11) is 0. The molecule has 0 aliphatic carbocycles. The van der Waals surface area contributed by atoms with Crippen LogP contribution in [-0.2, 0) is 4.79 Å². The van der Waals surface area contributed by atoms with Crippen LogP contribution in [0.1, 0.15) is 47.0 Å². The van der Waals surface area contributed by atoms with E-state index in [-0.39, 0.29) is 18.4 Å². The van der Waals surface area contributed by atoms with Crippen LogP contribution in [0, 0.1) is 5.92 Å². The van der Waals surface area contributed by atoms with Gasteiger partial charge in [0.1, 0.15) is 6.04 Å². The van der Waals surface area contributed by atoms with Crippen LogP contribution in [0.4, 0.5) is 4.79 Å². The third kappa shape index (κ3) is 5.92. The second-order valence-corrected chi connectivity index (χ2v) is 5.02. The van der Waals surface area contributed by atoms with Gasteiger partial charge in [0.05, 0.1) is 5.60 Å². The number of hydrogen-bond donors (Lipinski definition) is 4. The summed E-state index contributed by atoms with van der Waals surface area (Å²) in [4.78, 5) is 23.0. The summed E-state index contributed by atoms with van der Waals surface area (Å²) < 4.78 is 0. The van der Waals surface area contributed by atoms with Crippen molar-refractivity contribution in [1.82, 2.24) is 10.6 Å². The minimum absolute atomic E-state index is 0.0242. The fraction of sp³-hybridized carbons (Fsp3) is 0.846. The topological polar surface area (TPSA) is 104 Å². The Morgan fingerprint density at radius 3 is 2.16 bits per heavy atom. The van der Waals surface area contributed by atoms with E-state index in [1.165, 1.54) is 0 Å². The largest absolute Gasteiger partial charge is 0.388 e. The predicted molar refractivity (Wildman–Crippen MR) is 74.5 cm³/mol. The van der Waals surface area contributed by atoms with Crippen molar-refractivity contribution in [3.63, 3.8) is 0 Å². The first-order valence-corrected chi connectivity index (χ1v) is 6.85. The molecular formula is C13H27N3O3. The number of carbonyl (C=O) groups excluding carboxylic acids is 2. The third-order valence-corrected chi connectivity index (χ3v) is 3.70. The normalized spacial score (nSPS) is 14.6. The number of rotatable bonds is 8. The molecule has 0 rings (SSSR count). The molecule has 0 aromatic rings. The Morgan fingerprint density at radius 2 is 1.79 bits per heavy atom. The molecule has 0 aromatic heterocycles. The van der Waals surface area contributed by atoms with Gasteiger partial charge in [-0.25, -0.2) is 4.79 Å². The van der Waals surface area contributed by atoms with Crippen molar-refractivity contribution in [3.8, 4) is 0 Å². The van der Waals surface area contributed by atoms with Crippen molar-refractivity contribution in [2.75, 3.05) is 6.54 Å². The van der Waals surface area contributed by atoms with E-state index in [0.717, 1.165) is 6.42 Å². The Bertz CT molecular complexity index is 304. The lowest BCUT2D eigenvalue weighted by atomic mass is 9.95. The molecule has 0 aromatic carbocycles. The second kappa shape index (κ2) is 7.99. The van der Waals surface area contributed by atoms with Gasteiger partial charge in [0, 0.05) is 6.54 Å². The molecule has 6 heteroatoms. The number of urea groups is 1. The summed E-state index contributed by atoms with van der Waals surface area (Å²) in [5, 5.41) is 15.2. The zero-order valence-corrected chi connectivity index (χ0v) is 12.3. The lowest BCUT2D eigenvalue weighted by molar-refractivity contribution is -0.125. The molecule has 112 valence electrons. The van der Waals surface area contributed by atoms with Gasteiger partial charge in [-0.05, 0) is 18.8 Å². The Kier molecular flexibility index (Phi) is 7.44. The van der Waals surface area contributed by atoms with E-state index >= 15 is 0 Å². The van der Waals surface area contributed by atoms with Gasteiger partial charge in [0.25, 0.3) is 0 Å². The molecular weight excluding hydrogens is 246 g/mol. The number of primary amides is 1. The molecule has 5 N–H and O–H groups in total. The summed E-state index contributed by atoms with van der Waals surface area (Å²) >= 11 is 0. The first kappa shape index (κ1) is 17.7. The standard InChI is InChI=1S/C13H27N3O3/c1-5-9(4)10(16-12(14)18)11(17)15-8-13(19,6-2)7-3/h9-10,19H,5-8H2,1-4H3,(H,15,17)(H3,14,16,18). The van der Waals surface area contributed by atoms with Crippen LogP contribution in [0.2, 0.25) is 0 Å². The summed E-state index contributed by atoms with van der Waals surface area (Å²) in [5.41, 5.74) is 4.18. The van der Waals surface area contributed by atoms with Gasteiger partial charge >= 0.3 is 6.03 Å². The fourth-order valence-electron chi connectivity index (χ4n) is 1.72. The number of amides is 3. The van der Waals surface area contributed by atoms with Gasteiger partial charge < -0.3 is 21.5 Å². The fourth-order valence-corrected chi connectivity index (χ4v) is 1.72. The number of nitrogens with one attached hydrogen (secondary N) is 2. The number of hydrogen-bond acceptors (Lipinski definition) is 3. The van der Waals surface area contributed by atoms with Gasteiger partial charge in [-0.3, -0.25) is 4.79 Å². The molecule has 0 aliphatic rings. The molecule has 0 spiro atoms. The molecule has 0 bridgehead atoms. The molecule has 2 unspecified atom stereocenters. The van der Waals surface area contributed by atoms with Crippen molar-refractivity contribution >= 4 is 11.9 Å². The van der Waals surface area contributed by atoms with Gasteiger partial charge in [-0.15, -0.1) is 0 Å². The maximum absolute atomic E-state index is 12.1. The van der Waals surface area contributed by atoms with Gasteiger partial charge in [0.15, 0.2) is 0 Å². The highest BCUT2D eigenvalue weighted by Gasteiger charge is 2.28. The second-order valence-electron chi connectivity index (χ2n) is 5.02. The zero-order valence-electron chi connectivity index (χ0n) is 12.3. The van der Waals surface area contributed by atoms with Crippen molar-refractivity contribution in [2.24, 2.45) is 11.7 Å². The van der Waals surface area contributed by atoms with Crippen molar-refractivity contribution < 1.29 is 14.7 Å². The third-order valence-electron chi connectivity index (χ3n) is 3.70. The number of aliphatic hydroxyl groups is 1. The zero-order chi connectivity index (χ0) is 15.1. The summed E-state index contributed by atoms with van der Waals surface area (Å²) in [6.07, 6.45) is 1.85. The van der Waals surface area contributed by atoms with E-state index in [4.69, 9.17) is 5.73 Å². The Balaban J connectivity index is 4.60. The first-order chi connectivity index (χ1) is 8.79. The quantitative estimate of drug-likeness (QED) is 0.524. The molecule has 0 heterocycles. The van der Waals surface area contributed by atoms with Crippen molar-refractivity contribution in [1.29, 1.82) is 0 Å². The van der Waals surface area contributed by atoms with E-state index in [1.807, 2.05) is 27.7 Å². The highest BCUT2D eigenvalue weighted by Crippen LogP contribution is 2.14. The number of nitrogens with two attached hydrogens (primary N) is 1. The van der Waals surface area contributed by atoms with Crippen LogP contribution >= 0.6 is 0 Å². The molecule has 19 heavy (non-hydrogen) atoms. The molecule has 2 atom stereocenters. The Hall–Kier alpha value is -1.30. The Labute approximate surface area is 115 Å². The van der Waals surface area contributed by atoms with Gasteiger partial charge in [0.2, 0.25) is 5.91 Å². The maximum Gasteiger partial charge on any atom is 0.312 e. The minimum atomic E-state index is -0.900. The minimum Gasteiger partial charge on any atom is -0.388 e. The monoisotopic (exact) mass is 273 g/mol. The van der Waals surface area contributed by atoms with Crippen LogP contribution in [-0.4, -0.2) is 35.2 Å². The number of carbonyl (C=O) groups is 2. The summed E-state index contributed by atoms with van der Waals surface area (Å²) in [6, 6.07) is -1.39. The van der Waals surface area contributed by atoms with Crippen LogP contribution in [0.5, 0.6) is 0 Å². The highest BCUT2D eigenvalue weighted by molar-refractivity contribution is 5.86.